The molecule has 0 bridgehead atoms. The highest BCUT2D eigenvalue weighted by Gasteiger charge is 2.35. The van der Waals surface area contributed by atoms with E-state index in [2.05, 4.69) is 17.4 Å². The molecule has 25 heavy (non-hydrogen) atoms. The first-order valence-corrected chi connectivity index (χ1v) is 8.90. The van der Waals surface area contributed by atoms with E-state index in [4.69, 9.17) is 0 Å². The van der Waals surface area contributed by atoms with Crippen molar-refractivity contribution in [3.05, 3.63) is 71.3 Å². The quantitative estimate of drug-likeness (QED) is 0.935. The summed E-state index contributed by atoms with van der Waals surface area (Å²) < 4.78 is 0. The summed E-state index contributed by atoms with van der Waals surface area (Å²) in [6.07, 6.45) is 2.26. The van der Waals surface area contributed by atoms with Crippen molar-refractivity contribution in [3.8, 4) is 0 Å². The molecule has 2 aromatic rings. The Balaban J connectivity index is 1.38. The standard InChI is InChI=1S/C21H22N2O2/c24-20-12-17(14-23(20)13-15-6-2-1-3-7-15)21(25)22-19-11-10-16-8-4-5-9-18(16)19/h1-9,17,19H,10-14H2,(H,22,25). The summed E-state index contributed by atoms with van der Waals surface area (Å²) in [5.74, 6) is -0.176. The maximum absolute atomic E-state index is 12.7. The average molecular weight is 334 g/mol. The number of nitrogens with zero attached hydrogens (tertiary/aromatic N) is 1. The van der Waals surface area contributed by atoms with Gasteiger partial charge in [-0.3, -0.25) is 9.59 Å². The minimum atomic E-state index is -0.246. The van der Waals surface area contributed by atoms with Crippen molar-refractivity contribution in [1.82, 2.24) is 10.2 Å². The van der Waals surface area contributed by atoms with E-state index in [1.165, 1.54) is 11.1 Å². The maximum atomic E-state index is 12.7. The number of nitrogens with one attached hydrogen (secondary N) is 1. The van der Waals surface area contributed by atoms with E-state index in [1.807, 2.05) is 42.5 Å². The van der Waals surface area contributed by atoms with Crippen LogP contribution in [-0.2, 0) is 22.6 Å². The van der Waals surface area contributed by atoms with E-state index < -0.39 is 0 Å². The van der Waals surface area contributed by atoms with Gasteiger partial charge in [-0.15, -0.1) is 0 Å². The van der Waals surface area contributed by atoms with Gasteiger partial charge in [-0.2, -0.15) is 0 Å². The Morgan fingerprint density at radius 3 is 2.68 bits per heavy atom. The molecule has 1 saturated heterocycles. The third-order valence-electron chi connectivity index (χ3n) is 5.25. The molecule has 2 unspecified atom stereocenters. The van der Waals surface area contributed by atoms with Crippen molar-refractivity contribution in [1.29, 1.82) is 0 Å². The number of amides is 2. The van der Waals surface area contributed by atoms with Crippen LogP contribution in [0.1, 0.15) is 35.6 Å². The number of hydrogen-bond acceptors (Lipinski definition) is 2. The van der Waals surface area contributed by atoms with Gasteiger partial charge in [0.05, 0.1) is 12.0 Å². The van der Waals surface area contributed by atoms with Gasteiger partial charge in [0.25, 0.3) is 0 Å². The summed E-state index contributed by atoms with van der Waals surface area (Å²) in [4.78, 5) is 26.7. The lowest BCUT2D eigenvalue weighted by molar-refractivity contribution is -0.129. The van der Waals surface area contributed by atoms with Crippen LogP contribution >= 0.6 is 0 Å². The van der Waals surface area contributed by atoms with Gasteiger partial charge in [0, 0.05) is 19.5 Å². The first-order chi connectivity index (χ1) is 12.2. The van der Waals surface area contributed by atoms with E-state index in [9.17, 15) is 9.59 Å². The third kappa shape index (κ3) is 3.29. The number of carbonyl (C=O) groups excluding carboxylic acids is 2. The predicted octanol–water partition coefficient (Wildman–Crippen LogP) is 2.84. The fourth-order valence-corrected chi connectivity index (χ4v) is 3.90. The Labute approximate surface area is 147 Å². The number of fused-ring (bicyclic) bond motifs is 1. The molecule has 1 aliphatic carbocycles. The maximum Gasteiger partial charge on any atom is 0.225 e. The Morgan fingerprint density at radius 1 is 1.08 bits per heavy atom. The van der Waals surface area contributed by atoms with Crippen LogP contribution in [0, 0.1) is 5.92 Å². The normalized spacial score (nSPS) is 22.1. The van der Waals surface area contributed by atoms with Crippen molar-refractivity contribution in [2.75, 3.05) is 6.54 Å². The van der Waals surface area contributed by atoms with E-state index in [-0.39, 0.29) is 23.8 Å². The predicted molar refractivity (Wildman–Crippen MR) is 95.6 cm³/mol. The highest BCUT2D eigenvalue weighted by Crippen LogP contribution is 2.31. The topological polar surface area (TPSA) is 49.4 Å². The second-order valence-electron chi connectivity index (χ2n) is 6.96. The van der Waals surface area contributed by atoms with Crippen molar-refractivity contribution in [2.45, 2.75) is 31.8 Å². The molecule has 2 aromatic carbocycles. The smallest absolute Gasteiger partial charge is 0.225 e. The van der Waals surface area contributed by atoms with E-state index in [0.717, 1.165) is 18.4 Å². The number of hydrogen-bond donors (Lipinski definition) is 1. The molecule has 4 rings (SSSR count). The zero-order valence-corrected chi connectivity index (χ0v) is 14.2. The van der Waals surface area contributed by atoms with Crippen LogP contribution in [-0.4, -0.2) is 23.3 Å². The van der Waals surface area contributed by atoms with Crippen molar-refractivity contribution in [2.24, 2.45) is 5.92 Å². The lowest BCUT2D eigenvalue weighted by atomic mass is 10.1. The zero-order valence-electron chi connectivity index (χ0n) is 14.2. The molecule has 2 aliphatic rings. The molecule has 128 valence electrons. The summed E-state index contributed by atoms with van der Waals surface area (Å²) in [7, 11) is 0. The zero-order chi connectivity index (χ0) is 17.2. The molecule has 1 aliphatic heterocycles. The Bertz CT molecular complexity index is 787. The number of carbonyl (C=O) groups is 2. The van der Waals surface area contributed by atoms with Crippen molar-refractivity contribution < 1.29 is 9.59 Å². The number of benzene rings is 2. The third-order valence-corrected chi connectivity index (χ3v) is 5.25. The second kappa shape index (κ2) is 6.71. The molecule has 0 radical (unpaired) electrons. The monoisotopic (exact) mass is 334 g/mol. The van der Waals surface area contributed by atoms with Crippen LogP contribution in [0.4, 0.5) is 0 Å². The molecule has 1 heterocycles. The molecule has 0 aromatic heterocycles. The van der Waals surface area contributed by atoms with Gasteiger partial charge in [-0.05, 0) is 29.5 Å². The van der Waals surface area contributed by atoms with Crippen LogP contribution in [0.2, 0.25) is 0 Å². The van der Waals surface area contributed by atoms with E-state index >= 15 is 0 Å². The van der Waals surface area contributed by atoms with E-state index in [0.29, 0.717) is 19.5 Å². The van der Waals surface area contributed by atoms with Gasteiger partial charge in [0.1, 0.15) is 0 Å². The second-order valence-corrected chi connectivity index (χ2v) is 6.96. The molecular weight excluding hydrogens is 312 g/mol. The summed E-state index contributed by atoms with van der Waals surface area (Å²) in [5, 5.41) is 3.16. The molecule has 0 spiro atoms. The summed E-state index contributed by atoms with van der Waals surface area (Å²) in [5.41, 5.74) is 3.64. The fourth-order valence-electron chi connectivity index (χ4n) is 3.90. The van der Waals surface area contributed by atoms with Gasteiger partial charge >= 0.3 is 0 Å². The van der Waals surface area contributed by atoms with Gasteiger partial charge in [0.2, 0.25) is 11.8 Å². The molecule has 1 fully saturated rings. The molecule has 0 saturated carbocycles. The van der Waals surface area contributed by atoms with Crippen LogP contribution in [0.15, 0.2) is 54.6 Å². The molecule has 2 amide bonds. The van der Waals surface area contributed by atoms with E-state index in [1.54, 1.807) is 4.90 Å². The highest BCUT2D eigenvalue weighted by atomic mass is 16.2. The number of likely N-dealkylation sites (tertiary alicyclic amines) is 1. The number of rotatable bonds is 4. The lowest BCUT2D eigenvalue weighted by Crippen LogP contribution is -2.34. The van der Waals surface area contributed by atoms with Crippen molar-refractivity contribution >= 4 is 11.8 Å². The summed E-state index contributed by atoms with van der Waals surface area (Å²) in [6, 6.07) is 18.3. The first-order valence-electron chi connectivity index (χ1n) is 8.90. The van der Waals surface area contributed by atoms with Crippen LogP contribution in [0.25, 0.3) is 0 Å². The Hall–Kier alpha value is -2.62. The van der Waals surface area contributed by atoms with Crippen LogP contribution < -0.4 is 5.32 Å². The number of aryl methyl sites for hydroxylation is 1. The molecule has 1 N–H and O–H groups in total. The average Bonchev–Trinajstić information content (AvgIpc) is 3.20. The molecule has 4 nitrogen and oxygen atoms in total. The minimum Gasteiger partial charge on any atom is -0.349 e. The largest absolute Gasteiger partial charge is 0.349 e. The Kier molecular flexibility index (Phi) is 4.26. The van der Waals surface area contributed by atoms with Crippen molar-refractivity contribution in [3.63, 3.8) is 0 Å². The minimum absolute atomic E-state index is 0.00520. The highest BCUT2D eigenvalue weighted by molar-refractivity contribution is 5.89. The van der Waals surface area contributed by atoms with Crippen LogP contribution in [0.5, 0.6) is 0 Å². The lowest BCUT2D eigenvalue weighted by Gasteiger charge is -2.19. The van der Waals surface area contributed by atoms with Gasteiger partial charge in [-0.25, -0.2) is 0 Å². The summed E-state index contributed by atoms with van der Waals surface area (Å²) >= 11 is 0. The Morgan fingerprint density at radius 2 is 1.84 bits per heavy atom. The van der Waals surface area contributed by atoms with Gasteiger partial charge in [0.15, 0.2) is 0 Å². The first kappa shape index (κ1) is 15.9. The van der Waals surface area contributed by atoms with Gasteiger partial charge < -0.3 is 10.2 Å². The molecular formula is C21H22N2O2. The van der Waals surface area contributed by atoms with Gasteiger partial charge in [-0.1, -0.05) is 54.6 Å². The molecule has 4 heteroatoms. The fraction of sp³-hybridized carbons (Fsp3) is 0.333. The molecule has 2 atom stereocenters. The SMILES string of the molecule is O=C(NC1CCc2ccccc21)C1CC(=O)N(Cc2ccccc2)C1. The summed E-state index contributed by atoms with van der Waals surface area (Å²) in [6.45, 7) is 1.09. The van der Waals surface area contributed by atoms with Crippen LogP contribution in [0.3, 0.4) is 0 Å².